The number of carbonyl (C=O) groups excluding carboxylic acids is 2. The minimum atomic E-state index is -0.523. The van der Waals surface area contributed by atoms with E-state index in [0.717, 1.165) is 18.4 Å². The van der Waals surface area contributed by atoms with E-state index >= 15 is 0 Å². The summed E-state index contributed by atoms with van der Waals surface area (Å²) in [5.41, 5.74) is 1.10. The summed E-state index contributed by atoms with van der Waals surface area (Å²) < 4.78 is 0. The third kappa shape index (κ3) is 4.21. The van der Waals surface area contributed by atoms with Gasteiger partial charge in [-0.05, 0) is 24.3 Å². The first-order valence-electron chi connectivity index (χ1n) is 5.96. The Morgan fingerprint density at radius 1 is 1.26 bits per heavy atom. The maximum atomic E-state index is 11.6. The van der Waals surface area contributed by atoms with Gasteiger partial charge in [-0.15, -0.1) is 0 Å². The first-order chi connectivity index (χ1) is 8.22. The zero-order chi connectivity index (χ0) is 12.3. The number of piperidine rings is 1. The molecule has 2 rings (SSSR count). The average Bonchev–Trinajstić information content (AvgIpc) is 2.38. The molecule has 0 radical (unpaired) electrons. The maximum Gasteiger partial charge on any atom is 1.00 e. The summed E-state index contributed by atoms with van der Waals surface area (Å²) in [7, 11) is 0. The predicted octanol–water partition coefficient (Wildman–Crippen LogP) is -1.08. The van der Waals surface area contributed by atoms with Crippen LogP contribution >= 0.6 is 0 Å². The van der Waals surface area contributed by atoms with Gasteiger partial charge in [0.15, 0.2) is 0 Å². The number of likely N-dealkylation sites (tertiary alicyclic amines) is 1. The Kier molecular flexibility index (Phi) is 7.70. The molecular formula is C14H17LiNO3-. The number of rotatable bonds is 2. The second kappa shape index (κ2) is 8.16. The molecule has 0 aliphatic carbocycles. The van der Waals surface area contributed by atoms with Gasteiger partial charge in [0.1, 0.15) is 5.91 Å². The van der Waals surface area contributed by atoms with Gasteiger partial charge < -0.3 is 20.0 Å². The third-order valence-electron chi connectivity index (χ3n) is 3.35. The molecule has 1 amide bonds. The first kappa shape index (κ1) is 17.9. The Balaban J connectivity index is 0.00000162. The Hall–Kier alpha value is -1.08. The molecule has 19 heavy (non-hydrogen) atoms. The minimum Gasteiger partial charge on any atom is -0.870 e. The molecule has 0 spiro atoms. The molecule has 4 nitrogen and oxygen atoms in total. The van der Waals surface area contributed by atoms with Crippen molar-refractivity contribution in [2.24, 2.45) is 5.92 Å². The third-order valence-corrected chi connectivity index (χ3v) is 3.35. The second-order valence-electron chi connectivity index (χ2n) is 4.67. The van der Waals surface area contributed by atoms with Crippen LogP contribution in [0.15, 0.2) is 30.3 Å². The van der Waals surface area contributed by atoms with Crippen LogP contribution in [0.4, 0.5) is 0 Å². The second-order valence-corrected chi connectivity index (χ2v) is 4.67. The van der Waals surface area contributed by atoms with E-state index < -0.39 is 5.91 Å². The largest absolute Gasteiger partial charge is 1.00 e. The molecular weight excluding hydrogens is 237 g/mol. The van der Waals surface area contributed by atoms with Gasteiger partial charge in [-0.3, -0.25) is 0 Å². The summed E-state index contributed by atoms with van der Waals surface area (Å²) >= 11 is 0. The molecule has 5 heteroatoms. The van der Waals surface area contributed by atoms with Gasteiger partial charge in [0, 0.05) is 6.54 Å². The SMILES string of the molecule is C[C@@H]1CC[C@@H](c2ccccc2)N(C(=O)[C-]=O)C1.[Li+].[OH-]. The van der Waals surface area contributed by atoms with Crippen molar-refractivity contribution in [1.29, 1.82) is 0 Å². The van der Waals surface area contributed by atoms with Crippen molar-refractivity contribution in [3.63, 3.8) is 0 Å². The number of hydrogen-bond acceptors (Lipinski definition) is 3. The summed E-state index contributed by atoms with van der Waals surface area (Å²) in [4.78, 5) is 23.8. The summed E-state index contributed by atoms with van der Waals surface area (Å²) in [6.45, 7) is 2.75. The van der Waals surface area contributed by atoms with E-state index in [9.17, 15) is 9.59 Å². The van der Waals surface area contributed by atoms with Gasteiger partial charge in [-0.2, -0.15) is 6.29 Å². The van der Waals surface area contributed by atoms with E-state index in [1.807, 2.05) is 30.3 Å². The number of carbonyl (C=O) groups is 1. The van der Waals surface area contributed by atoms with Crippen molar-refractivity contribution >= 4 is 12.2 Å². The van der Waals surface area contributed by atoms with Crippen molar-refractivity contribution in [3.05, 3.63) is 35.9 Å². The van der Waals surface area contributed by atoms with E-state index in [1.165, 1.54) is 6.29 Å². The van der Waals surface area contributed by atoms with E-state index in [-0.39, 0.29) is 30.4 Å². The first-order valence-corrected chi connectivity index (χ1v) is 5.96. The molecule has 98 valence electrons. The Morgan fingerprint density at radius 3 is 2.47 bits per heavy atom. The van der Waals surface area contributed by atoms with Crippen LogP contribution in [0.5, 0.6) is 0 Å². The molecule has 0 aromatic heterocycles. The van der Waals surface area contributed by atoms with Crippen molar-refractivity contribution in [2.45, 2.75) is 25.8 Å². The van der Waals surface area contributed by atoms with Crippen LogP contribution in [-0.2, 0) is 9.59 Å². The molecule has 1 aliphatic rings. The molecule has 1 aromatic rings. The smallest absolute Gasteiger partial charge is 0.870 e. The molecule has 1 heterocycles. The van der Waals surface area contributed by atoms with Gasteiger partial charge in [0.25, 0.3) is 0 Å². The molecule has 1 aliphatic heterocycles. The zero-order valence-electron chi connectivity index (χ0n) is 11.4. The molecule has 1 aromatic carbocycles. The van der Waals surface area contributed by atoms with Crippen LogP contribution in [-0.4, -0.2) is 29.1 Å². The predicted molar refractivity (Wildman–Crippen MR) is 66.9 cm³/mol. The molecule has 2 atom stereocenters. The maximum absolute atomic E-state index is 11.6. The summed E-state index contributed by atoms with van der Waals surface area (Å²) in [5.74, 6) is -0.0716. The monoisotopic (exact) mass is 254 g/mol. The molecule has 0 saturated carbocycles. The van der Waals surface area contributed by atoms with E-state index in [2.05, 4.69) is 6.92 Å². The molecule has 1 N–H and O–H groups in total. The number of nitrogens with zero attached hydrogens (tertiary/aromatic N) is 1. The Bertz CT molecular complexity index is 410. The van der Waals surface area contributed by atoms with Gasteiger partial charge in [-0.1, -0.05) is 37.3 Å². The van der Waals surface area contributed by atoms with Gasteiger partial charge in [-0.25, -0.2) is 0 Å². The van der Waals surface area contributed by atoms with Crippen LogP contribution in [0.25, 0.3) is 0 Å². The fraction of sp³-hybridized carbons (Fsp3) is 0.429. The van der Waals surface area contributed by atoms with E-state index in [1.54, 1.807) is 4.90 Å². The number of benzene rings is 1. The number of hydrogen-bond donors (Lipinski definition) is 0. The fourth-order valence-electron chi connectivity index (χ4n) is 2.46. The van der Waals surface area contributed by atoms with Crippen LogP contribution in [0, 0.1) is 5.92 Å². The van der Waals surface area contributed by atoms with Gasteiger partial charge >= 0.3 is 18.9 Å². The van der Waals surface area contributed by atoms with Crippen molar-refractivity contribution < 1.29 is 33.9 Å². The molecule has 1 fully saturated rings. The van der Waals surface area contributed by atoms with Crippen molar-refractivity contribution in [2.75, 3.05) is 6.54 Å². The summed E-state index contributed by atoms with van der Waals surface area (Å²) in [5, 5.41) is 0. The normalized spacial score (nSPS) is 21.8. The van der Waals surface area contributed by atoms with Gasteiger partial charge in [0.2, 0.25) is 0 Å². The van der Waals surface area contributed by atoms with Crippen LogP contribution < -0.4 is 18.9 Å². The van der Waals surface area contributed by atoms with Crippen LogP contribution in [0.3, 0.4) is 0 Å². The standard InChI is InChI=1S/C14H16NO2.Li.H2O/c1-11-7-8-13(12-5-3-2-4-6-12)15(9-11)14(17)10-16;;/h2-6,11,13H,7-9H2,1H3;;1H2/q-1;+1;/p-1/t11-,13+;;/m1../s1. The van der Waals surface area contributed by atoms with E-state index in [4.69, 9.17) is 0 Å². The summed E-state index contributed by atoms with van der Waals surface area (Å²) in [6, 6.07) is 9.91. The summed E-state index contributed by atoms with van der Waals surface area (Å²) in [6.07, 6.45) is 3.49. The minimum absolute atomic E-state index is 0. The van der Waals surface area contributed by atoms with Gasteiger partial charge in [0.05, 0.1) is 6.04 Å². The van der Waals surface area contributed by atoms with E-state index in [0.29, 0.717) is 12.5 Å². The Morgan fingerprint density at radius 2 is 1.89 bits per heavy atom. The fourth-order valence-corrected chi connectivity index (χ4v) is 2.46. The molecule has 1 saturated heterocycles. The number of amides is 1. The zero-order valence-corrected chi connectivity index (χ0v) is 11.4. The molecule has 0 bridgehead atoms. The topological polar surface area (TPSA) is 67.4 Å². The van der Waals surface area contributed by atoms with Crippen molar-refractivity contribution in [3.8, 4) is 0 Å². The average molecular weight is 254 g/mol. The Labute approximate surface area is 125 Å². The van der Waals surface area contributed by atoms with Crippen LogP contribution in [0.1, 0.15) is 31.4 Å². The quantitative estimate of drug-likeness (QED) is 0.383. The van der Waals surface area contributed by atoms with Crippen LogP contribution in [0.2, 0.25) is 0 Å². The molecule has 0 unspecified atom stereocenters. The van der Waals surface area contributed by atoms with Crippen molar-refractivity contribution in [1.82, 2.24) is 4.90 Å².